The van der Waals surface area contributed by atoms with Gasteiger partial charge in [0.1, 0.15) is 6.07 Å². The third-order valence-corrected chi connectivity index (χ3v) is 2.99. The molecule has 0 aliphatic carbocycles. The van der Waals surface area contributed by atoms with Crippen molar-refractivity contribution in [1.82, 2.24) is 0 Å². The van der Waals surface area contributed by atoms with Crippen LogP contribution in [0.15, 0.2) is 18.2 Å². The molecule has 84 valence electrons. The summed E-state index contributed by atoms with van der Waals surface area (Å²) in [7, 11) is 0. The highest BCUT2D eigenvalue weighted by Gasteiger charge is 2.17. The van der Waals surface area contributed by atoms with Gasteiger partial charge in [-0.3, -0.25) is 0 Å². The van der Waals surface area contributed by atoms with Gasteiger partial charge in [0.15, 0.2) is 0 Å². The maximum atomic E-state index is 9.42. The van der Waals surface area contributed by atoms with Crippen LogP contribution in [0.2, 0.25) is 0 Å². The Kier molecular flexibility index (Phi) is 2.97. The number of aliphatic hydroxyl groups excluding tert-OH is 1. The molecule has 0 atom stereocenters. The van der Waals surface area contributed by atoms with Crippen LogP contribution < -0.4 is 10.6 Å². The molecule has 16 heavy (non-hydrogen) atoms. The molecule has 0 bridgehead atoms. The van der Waals surface area contributed by atoms with Crippen LogP contribution in [0.3, 0.4) is 0 Å². The second-order valence-corrected chi connectivity index (χ2v) is 4.10. The quantitative estimate of drug-likeness (QED) is 0.691. The third kappa shape index (κ3) is 2.10. The number of piperidine rings is 1. The Balaban J connectivity index is 2.18. The monoisotopic (exact) mass is 217 g/mol. The molecule has 0 radical (unpaired) electrons. The van der Waals surface area contributed by atoms with Crippen molar-refractivity contribution in [3.63, 3.8) is 0 Å². The van der Waals surface area contributed by atoms with Gasteiger partial charge < -0.3 is 15.7 Å². The van der Waals surface area contributed by atoms with E-state index >= 15 is 0 Å². The molecular weight excluding hydrogens is 202 g/mol. The van der Waals surface area contributed by atoms with Crippen molar-refractivity contribution in [1.29, 1.82) is 5.26 Å². The van der Waals surface area contributed by atoms with Crippen LogP contribution in [0.5, 0.6) is 0 Å². The molecule has 4 heteroatoms. The number of nitrogens with two attached hydrogens (primary N) is 1. The number of hydrogen-bond donors (Lipinski definition) is 2. The van der Waals surface area contributed by atoms with Gasteiger partial charge in [-0.1, -0.05) is 0 Å². The minimum atomic E-state index is -0.180. The highest BCUT2D eigenvalue weighted by Crippen LogP contribution is 2.23. The van der Waals surface area contributed by atoms with Crippen molar-refractivity contribution >= 4 is 11.4 Å². The van der Waals surface area contributed by atoms with Crippen molar-refractivity contribution in [2.75, 3.05) is 23.7 Å². The van der Waals surface area contributed by atoms with Gasteiger partial charge in [-0.2, -0.15) is 5.26 Å². The molecule has 1 aliphatic heterocycles. The molecule has 1 heterocycles. The number of benzene rings is 1. The van der Waals surface area contributed by atoms with Gasteiger partial charge in [0, 0.05) is 24.5 Å². The Morgan fingerprint density at radius 2 is 2.06 bits per heavy atom. The summed E-state index contributed by atoms with van der Waals surface area (Å²) in [6.07, 6.45) is 1.39. The number of rotatable bonds is 1. The van der Waals surface area contributed by atoms with Crippen molar-refractivity contribution in [3.8, 4) is 6.07 Å². The Morgan fingerprint density at radius 1 is 1.38 bits per heavy atom. The highest BCUT2D eigenvalue weighted by molar-refractivity contribution is 5.62. The smallest absolute Gasteiger partial charge is 0.101 e. The zero-order chi connectivity index (χ0) is 11.5. The maximum Gasteiger partial charge on any atom is 0.101 e. The molecule has 1 aliphatic rings. The predicted molar refractivity (Wildman–Crippen MR) is 63.0 cm³/mol. The van der Waals surface area contributed by atoms with Crippen LogP contribution in [0, 0.1) is 11.3 Å². The maximum absolute atomic E-state index is 9.42. The third-order valence-electron chi connectivity index (χ3n) is 2.99. The van der Waals surface area contributed by atoms with Crippen LogP contribution in [0.4, 0.5) is 11.4 Å². The van der Waals surface area contributed by atoms with Gasteiger partial charge in [0.05, 0.1) is 11.7 Å². The average molecular weight is 217 g/mol. The molecule has 3 N–H and O–H groups in total. The number of aliphatic hydroxyl groups is 1. The normalized spacial score (nSPS) is 17.1. The summed E-state index contributed by atoms with van der Waals surface area (Å²) in [6, 6.07) is 7.58. The van der Waals surface area contributed by atoms with E-state index < -0.39 is 0 Å². The van der Waals surface area contributed by atoms with E-state index in [-0.39, 0.29) is 6.10 Å². The first-order valence-corrected chi connectivity index (χ1v) is 5.43. The number of nitriles is 1. The van der Waals surface area contributed by atoms with Crippen LogP contribution >= 0.6 is 0 Å². The topological polar surface area (TPSA) is 73.3 Å². The van der Waals surface area contributed by atoms with Crippen molar-refractivity contribution in [2.45, 2.75) is 18.9 Å². The van der Waals surface area contributed by atoms with Gasteiger partial charge in [-0.15, -0.1) is 0 Å². The standard InChI is InChI=1S/C12H15N3O/c13-8-9-7-10(1-2-12(9)14)15-5-3-11(16)4-6-15/h1-2,7,11,16H,3-6,14H2. The first-order chi connectivity index (χ1) is 7.70. The van der Waals surface area contributed by atoms with E-state index in [2.05, 4.69) is 11.0 Å². The Labute approximate surface area is 94.9 Å². The van der Waals surface area contributed by atoms with Gasteiger partial charge in [-0.25, -0.2) is 0 Å². The summed E-state index contributed by atoms with van der Waals surface area (Å²) in [4.78, 5) is 2.17. The lowest BCUT2D eigenvalue weighted by Gasteiger charge is -2.31. The molecule has 1 fully saturated rings. The van der Waals surface area contributed by atoms with Crippen LogP contribution in [-0.4, -0.2) is 24.3 Å². The molecule has 2 rings (SSSR count). The first-order valence-electron chi connectivity index (χ1n) is 5.43. The van der Waals surface area contributed by atoms with Crippen molar-refractivity contribution < 1.29 is 5.11 Å². The summed E-state index contributed by atoms with van der Waals surface area (Å²) in [5, 5.41) is 18.3. The Bertz CT molecular complexity index is 417. The van der Waals surface area contributed by atoms with Crippen LogP contribution in [-0.2, 0) is 0 Å². The molecule has 0 spiro atoms. The fourth-order valence-corrected chi connectivity index (χ4v) is 1.96. The number of nitrogens with zero attached hydrogens (tertiary/aromatic N) is 2. The van der Waals surface area contributed by atoms with Crippen molar-refractivity contribution in [2.24, 2.45) is 0 Å². The van der Waals surface area contributed by atoms with Crippen molar-refractivity contribution in [3.05, 3.63) is 23.8 Å². The number of nitrogen functional groups attached to an aromatic ring is 1. The Hall–Kier alpha value is -1.73. The second kappa shape index (κ2) is 4.42. The summed E-state index contributed by atoms with van der Waals surface area (Å²) >= 11 is 0. The molecule has 1 aromatic rings. The van der Waals surface area contributed by atoms with E-state index in [1.807, 2.05) is 12.1 Å². The SMILES string of the molecule is N#Cc1cc(N2CCC(O)CC2)ccc1N. The lowest BCUT2D eigenvalue weighted by Crippen LogP contribution is -2.35. The molecule has 0 amide bonds. The van der Waals surface area contributed by atoms with E-state index in [0.29, 0.717) is 11.3 Å². The molecule has 1 aromatic carbocycles. The van der Waals surface area contributed by atoms with E-state index in [4.69, 9.17) is 11.0 Å². The molecule has 0 aromatic heterocycles. The minimum Gasteiger partial charge on any atom is -0.398 e. The van der Waals surface area contributed by atoms with E-state index in [1.54, 1.807) is 6.07 Å². The van der Waals surface area contributed by atoms with Gasteiger partial charge in [-0.05, 0) is 31.0 Å². The van der Waals surface area contributed by atoms with E-state index in [1.165, 1.54) is 0 Å². The van der Waals surface area contributed by atoms with E-state index in [9.17, 15) is 5.11 Å². The molecule has 0 unspecified atom stereocenters. The highest BCUT2D eigenvalue weighted by atomic mass is 16.3. The fourth-order valence-electron chi connectivity index (χ4n) is 1.96. The second-order valence-electron chi connectivity index (χ2n) is 4.10. The van der Waals surface area contributed by atoms with Crippen LogP contribution in [0.25, 0.3) is 0 Å². The van der Waals surface area contributed by atoms with Gasteiger partial charge >= 0.3 is 0 Å². The predicted octanol–water partition coefficient (Wildman–Crippen LogP) is 1.10. The lowest BCUT2D eigenvalue weighted by atomic mass is 10.1. The number of anilines is 2. The lowest BCUT2D eigenvalue weighted by molar-refractivity contribution is 0.145. The summed E-state index contributed by atoms with van der Waals surface area (Å²) in [5.74, 6) is 0. The Morgan fingerprint density at radius 3 is 2.69 bits per heavy atom. The molecule has 1 saturated heterocycles. The van der Waals surface area contributed by atoms with Crippen LogP contribution in [0.1, 0.15) is 18.4 Å². The molecule has 0 saturated carbocycles. The van der Waals surface area contributed by atoms with Gasteiger partial charge in [0.2, 0.25) is 0 Å². The molecular formula is C12H15N3O. The largest absolute Gasteiger partial charge is 0.398 e. The van der Waals surface area contributed by atoms with Gasteiger partial charge in [0.25, 0.3) is 0 Å². The summed E-state index contributed by atoms with van der Waals surface area (Å²) < 4.78 is 0. The summed E-state index contributed by atoms with van der Waals surface area (Å²) in [5.41, 5.74) is 7.72. The number of hydrogen-bond acceptors (Lipinski definition) is 4. The summed E-state index contributed by atoms with van der Waals surface area (Å²) in [6.45, 7) is 1.66. The van der Waals surface area contributed by atoms with E-state index in [0.717, 1.165) is 31.6 Å². The zero-order valence-corrected chi connectivity index (χ0v) is 9.06. The zero-order valence-electron chi connectivity index (χ0n) is 9.06. The minimum absolute atomic E-state index is 0.180. The fraction of sp³-hybridized carbons (Fsp3) is 0.417. The molecule has 4 nitrogen and oxygen atoms in total. The first kappa shape index (κ1) is 10.8. The average Bonchev–Trinajstić information content (AvgIpc) is 2.31.